The van der Waals surface area contributed by atoms with Gasteiger partial charge in [0, 0.05) is 17.1 Å². The summed E-state index contributed by atoms with van der Waals surface area (Å²) < 4.78 is 17.0. The van der Waals surface area contributed by atoms with Crippen molar-refractivity contribution in [1.82, 2.24) is 0 Å². The smallest absolute Gasteiger partial charge is 0.262 e. The third-order valence-electron chi connectivity index (χ3n) is 4.92. The predicted octanol–water partition coefficient (Wildman–Crippen LogP) is 5.43. The van der Waals surface area contributed by atoms with Gasteiger partial charge in [0.15, 0.2) is 12.4 Å². The first-order chi connectivity index (χ1) is 16.0. The number of nitrogens with one attached hydrogen (secondary N) is 2. The lowest BCUT2D eigenvalue weighted by Crippen LogP contribution is -2.21. The van der Waals surface area contributed by atoms with Crippen molar-refractivity contribution in [3.8, 4) is 23.0 Å². The van der Waals surface area contributed by atoms with Crippen LogP contribution in [0.2, 0.25) is 5.02 Å². The highest BCUT2D eigenvalue weighted by molar-refractivity contribution is 6.31. The summed E-state index contributed by atoms with van der Waals surface area (Å²) >= 11 is 6.12. The van der Waals surface area contributed by atoms with Crippen LogP contribution in [0.15, 0.2) is 60.7 Å². The van der Waals surface area contributed by atoms with Crippen molar-refractivity contribution in [2.75, 3.05) is 23.8 Å². The SMILES string of the molecule is CCOc1ccc(Oc2ccc(Cl)cc2NC(=O)COc2ccc3c(c2)CCC(=O)N3)cc1. The number of ether oxygens (including phenoxy) is 3. The number of rotatable bonds is 8. The van der Waals surface area contributed by atoms with E-state index in [1.807, 2.05) is 25.1 Å². The fraction of sp³-hybridized carbons (Fsp3) is 0.200. The Morgan fingerprint density at radius 3 is 2.52 bits per heavy atom. The van der Waals surface area contributed by atoms with Crippen molar-refractivity contribution in [1.29, 1.82) is 0 Å². The number of hydrogen-bond acceptors (Lipinski definition) is 5. The second-order valence-electron chi connectivity index (χ2n) is 7.35. The van der Waals surface area contributed by atoms with E-state index in [-0.39, 0.29) is 18.4 Å². The molecule has 2 amide bonds. The van der Waals surface area contributed by atoms with Gasteiger partial charge in [0.25, 0.3) is 5.91 Å². The summed E-state index contributed by atoms with van der Waals surface area (Å²) in [5.41, 5.74) is 2.18. The van der Waals surface area contributed by atoms with Gasteiger partial charge in [-0.25, -0.2) is 0 Å². The third-order valence-corrected chi connectivity index (χ3v) is 5.16. The molecule has 7 nitrogen and oxygen atoms in total. The molecule has 0 fully saturated rings. The lowest BCUT2D eigenvalue weighted by molar-refractivity contribution is -0.118. The van der Waals surface area contributed by atoms with Gasteiger partial charge in [-0.05, 0) is 79.6 Å². The van der Waals surface area contributed by atoms with E-state index in [0.717, 1.165) is 17.0 Å². The molecule has 8 heteroatoms. The first-order valence-corrected chi connectivity index (χ1v) is 10.9. The number of hydrogen-bond donors (Lipinski definition) is 2. The standard InChI is InChI=1S/C25H23ClN2O5/c1-2-31-18-5-7-19(8-6-18)33-23-11-4-17(26)14-22(23)28-25(30)15-32-20-9-10-21-16(13-20)3-12-24(29)27-21/h4-11,13-14H,2-3,12,15H2,1H3,(H,27,29)(H,28,30). The molecule has 1 heterocycles. The van der Waals surface area contributed by atoms with Crippen LogP contribution < -0.4 is 24.8 Å². The Kier molecular flexibility index (Phi) is 7.00. The van der Waals surface area contributed by atoms with E-state index in [0.29, 0.717) is 47.4 Å². The molecule has 3 aromatic rings. The van der Waals surface area contributed by atoms with Gasteiger partial charge in [-0.3, -0.25) is 9.59 Å². The van der Waals surface area contributed by atoms with E-state index in [4.69, 9.17) is 25.8 Å². The highest BCUT2D eigenvalue weighted by atomic mass is 35.5. The van der Waals surface area contributed by atoms with Crippen molar-refractivity contribution >= 4 is 34.8 Å². The first kappa shape index (κ1) is 22.5. The molecule has 0 radical (unpaired) electrons. The molecule has 1 aliphatic rings. The number of amides is 2. The van der Waals surface area contributed by atoms with E-state index in [9.17, 15) is 9.59 Å². The molecule has 33 heavy (non-hydrogen) atoms. The Labute approximate surface area is 196 Å². The molecule has 2 N–H and O–H groups in total. The molecule has 4 rings (SSSR count). The number of carbonyl (C=O) groups is 2. The first-order valence-electron chi connectivity index (χ1n) is 10.6. The van der Waals surface area contributed by atoms with Gasteiger partial charge in [0.2, 0.25) is 5.91 Å². The number of anilines is 2. The summed E-state index contributed by atoms with van der Waals surface area (Å²) in [6, 6.07) is 17.5. The Balaban J connectivity index is 1.39. The highest BCUT2D eigenvalue weighted by Gasteiger charge is 2.16. The van der Waals surface area contributed by atoms with E-state index in [1.54, 1.807) is 42.5 Å². The zero-order chi connectivity index (χ0) is 23.2. The predicted molar refractivity (Wildman–Crippen MR) is 127 cm³/mol. The van der Waals surface area contributed by atoms with Gasteiger partial charge < -0.3 is 24.8 Å². The van der Waals surface area contributed by atoms with Crippen LogP contribution in [0.25, 0.3) is 0 Å². The molecule has 170 valence electrons. The molecule has 0 aromatic heterocycles. The lowest BCUT2D eigenvalue weighted by Gasteiger charge is -2.18. The molecule has 0 atom stereocenters. The maximum atomic E-state index is 12.5. The largest absolute Gasteiger partial charge is 0.494 e. The summed E-state index contributed by atoms with van der Waals surface area (Å²) in [7, 11) is 0. The van der Waals surface area contributed by atoms with Gasteiger partial charge in [-0.1, -0.05) is 11.6 Å². The van der Waals surface area contributed by atoms with Crippen molar-refractivity contribution in [3.63, 3.8) is 0 Å². The van der Waals surface area contributed by atoms with Crippen LogP contribution in [0, 0.1) is 0 Å². The highest BCUT2D eigenvalue weighted by Crippen LogP contribution is 2.33. The second kappa shape index (κ2) is 10.3. The van der Waals surface area contributed by atoms with Gasteiger partial charge in [-0.2, -0.15) is 0 Å². The summed E-state index contributed by atoms with van der Waals surface area (Å²) in [5, 5.41) is 6.06. The minimum absolute atomic E-state index is 0.000303. The average molecular weight is 467 g/mol. The van der Waals surface area contributed by atoms with Crippen molar-refractivity contribution in [3.05, 3.63) is 71.2 Å². The summed E-state index contributed by atoms with van der Waals surface area (Å²) in [6.07, 6.45) is 1.07. The Morgan fingerprint density at radius 2 is 1.73 bits per heavy atom. The maximum Gasteiger partial charge on any atom is 0.262 e. The number of halogens is 1. The van der Waals surface area contributed by atoms with E-state index >= 15 is 0 Å². The number of carbonyl (C=O) groups excluding carboxylic acids is 2. The van der Waals surface area contributed by atoms with Crippen LogP contribution in [-0.2, 0) is 16.0 Å². The zero-order valence-corrected chi connectivity index (χ0v) is 18.8. The van der Waals surface area contributed by atoms with Crippen LogP contribution in [0.5, 0.6) is 23.0 Å². The summed E-state index contributed by atoms with van der Waals surface area (Å²) in [4.78, 5) is 24.0. The molecule has 3 aromatic carbocycles. The van der Waals surface area contributed by atoms with Gasteiger partial charge in [0.05, 0.1) is 12.3 Å². The van der Waals surface area contributed by atoms with Gasteiger partial charge in [-0.15, -0.1) is 0 Å². The summed E-state index contributed by atoms with van der Waals surface area (Å²) in [5.74, 6) is 1.98. The number of aryl methyl sites for hydroxylation is 1. The van der Waals surface area contributed by atoms with Crippen molar-refractivity contribution in [2.24, 2.45) is 0 Å². The van der Waals surface area contributed by atoms with Crippen LogP contribution in [0.3, 0.4) is 0 Å². The summed E-state index contributed by atoms with van der Waals surface area (Å²) in [6.45, 7) is 2.31. The van der Waals surface area contributed by atoms with Gasteiger partial charge in [0.1, 0.15) is 17.2 Å². The Bertz CT molecular complexity index is 1160. The molecule has 0 bridgehead atoms. The molecular formula is C25H23ClN2O5. The van der Waals surface area contributed by atoms with Crippen LogP contribution in [-0.4, -0.2) is 25.0 Å². The molecule has 0 aliphatic carbocycles. The van der Waals surface area contributed by atoms with E-state index < -0.39 is 0 Å². The van der Waals surface area contributed by atoms with Crippen LogP contribution in [0.4, 0.5) is 11.4 Å². The minimum Gasteiger partial charge on any atom is -0.494 e. The minimum atomic E-state index is -0.361. The molecule has 0 saturated heterocycles. The fourth-order valence-electron chi connectivity index (χ4n) is 3.37. The maximum absolute atomic E-state index is 12.5. The molecular weight excluding hydrogens is 444 g/mol. The molecule has 0 spiro atoms. The van der Waals surface area contributed by atoms with Crippen molar-refractivity contribution in [2.45, 2.75) is 19.8 Å². The zero-order valence-electron chi connectivity index (χ0n) is 18.0. The average Bonchev–Trinajstić information content (AvgIpc) is 2.81. The third kappa shape index (κ3) is 5.96. The lowest BCUT2D eigenvalue weighted by atomic mass is 10.0. The number of benzene rings is 3. The fourth-order valence-corrected chi connectivity index (χ4v) is 3.54. The topological polar surface area (TPSA) is 85.9 Å². The molecule has 0 unspecified atom stereocenters. The van der Waals surface area contributed by atoms with E-state index in [2.05, 4.69) is 10.6 Å². The van der Waals surface area contributed by atoms with Crippen molar-refractivity contribution < 1.29 is 23.8 Å². The molecule has 0 saturated carbocycles. The second-order valence-corrected chi connectivity index (χ2v) is 7.79. The normalized spacial score (nSPS) is 12.4. The van der Waals surface area contributed by atoms with E-state index in [1.165, 1.54) is 0 Å². The Hall–Kier alpha value is -3.71. The quantitative estimate of drug-likeness (QED) is 0.462. The monoisotopic (exact) mass is 466 g/mol. The number of fused-ring (bicyclic) bond motifs is 1. The van der Waals surface area contributed by atoms with Gasteiger partial charge >= 0.3 is 0 Å². The molecule has 1 aliphatic heterocycles. The van der Waals surface area contributed by atoms with Crippen LogP contribution >= 0.6 is 11.6 Å². The Morgan fingerprint density at radius 1 is 0.970 bits per heavy atom. The van der Waals surface area contributed by atoms with Crippen LogP contribution in [0.1, 0.15) is 18.9 Å².